The van der Waals surface area contributed by atoms with Crippen LogP contribution in [0.3, 0.4) is 0 Å². The van der Waals surface area contributed by atoms with Gasteiger partial charge >= 0.3 is 12.3 Å². The molecule has 1 N–H and O–H groups in total. The van der Waals surface area contributed by atoms with Gasteiger partial charge in [0.1, 0.15) is 12.4 Å². The maximum Gasteiger partial charge on any atom is 0.319 e. The first kappa shape index (κ1) is 13.8. The first-order valence-electron chi connectivity index (χ1n) is 5.07. The van der Waals surface area contributed by atoms with Crippen LogP contribution in [0.5, 0.6) is 5.75 Å². The molecule has 0 unspecified atom stereocenters. The van der Waals surface area contributed by atoms with Gasteiger partial charge in [0.05, 0.1) is 6.54 Å². The van der Waals surface area contributed by atoms with Crippen LogP contribution >= 0.6 is 0 Å². The second-order valence-electron chi connectivity index (χ2n) is 3.40. The Kier molecular flexibility index (Phi) is 5.21. The number of hydrogen-bond acceptors (Lipinski definition) is 2. The molecule has 0 atom stereocenters. The van der Waals surface area contributed by atoms with Gasteiger partial charge in [-0.3, -0.25) is 0 Å². The molecule has 0 aromatic heterocycles. The van der Waals surface area contributed by atoms with Gasteiger partial charge in [-0.25, -0.2) is 8.78 Å². The summed E-state index contributed by atoms with van der Waals surface area (Å²) in [6.07, 6.45) is -3.65. The highest BCUT2D eigenvalue weighted by Crippen LogP contribution is 2.21. The van der Waals surface area contributed by atoms with E-state index in [-0.39, 0.29) is 13.2 Å². The number of ether oxygens (including phenoxy) is 1. The molecule has 0 fully saturated rings. The van der Waals surface area contributed by atoms with Crippen LogP contribution in [0, 0.1) is 0 Å². The molecule has 0 saturated carbocycles. The predicted molar refractivity (Wildman–Crippen MR) is 55.8 cm³/mol. The number of rotatable bonds is 7. The quantitative estimate of drug-likeness (QED) is 0.594. The molecule has 0 spiro atoms. The average molecular weight is 251 g/mol. The number of benzene rings is 1. The topological polar surface area (TPSA) is 21.3 Å². The summed E-state index contributed by atoms with van der Waals surface area (Å²) in [6, 6.07) is 8.79. The minimum Gasteiger partial charge on any atom is -0.492 e. The fourth-order valence-corrected chi connectivity index (χ4v) is 1.09. The summed E-state index contributed by atoms with van der Waals surface area (Å²) in [4.78, 5) is 0. The fourth-order valence-electron chi connectivity index (χ4n) is 1.09. The van der Waals surface area contributed by atoms with E-state index in [1.165, 1.54) is 0 Å². The average Bonchev–Trinajstić information content (AvgIpc) is 2.29. The monoisotopic (exact) mass is 251 g/mol. The largest absolute Gasteiger partial charge is 0.492 e. The van der Waals surface area contributed by atoms with E-state index in [1.807, 2.05) is 6.07 Å². The molecular weight excluding hydrogens is 238 g/mol. The first-order chi connectivity index (χ1) is 8.02. The van der Waals surface area contributed by atoms with E-state index < -0.39 is 18.9 Å². The normalized spacial score (nSPS) is 11.8. The van der Waals surface area contributed by atoms with Crippen molar-refractivity contribution >= 4 is 0 Å². The molecule has 1 aromatic rings. The third kappa shape index (κ3) is 5.04. The Morgan fingerprint density at radius 3 is 2.41 bits per heavy atom. The highest BCUT2D eigenvalue weighted by molar-refractivity contribution is 5.20. The van der Waals surface area contributed by atoms with Gasteiger partial charge in [-0.2, -0.15) is 8.78 Å². The van der Waals surface area contributed by atoms with E-state index in [0.29, 0.717) is 5.75 Å². The smallest absolute Gasteiger partial charge is 0.319 e. The molecule has 1 aromatic carbocycles. The highest BCUT2D eigenvalue weighted by Gasteiger charge is 2.39. The van der Waals surface area contributed by atoms with Crippen molar-refractivity contribution in [1.29, 1.82) is 0 Å². The predicted octanol–water partition coefficient (Wildman–Crippen LogP) is 2.56. The molecule has 17 heavy (non-hydrogen) atoms. The number of nitrogens with one attached hydrogen (secondary N) is 1. The maximum atomic E-state index is 12.4. The van der Waals surface area contributed by atoms with Gasteiger partial charge in [0.2, 0.25) is 0 Å². The Labute approximate surface area is 96.6 Å². The van der Waals surface area contributed by atoms with Crippen LogP contribution in [-0.2, 0) is 0 Å². The van der Waals surface area contributed by atoms with Crippen LogP contribution in [0.1, 0.15) is 0 Å². The molecule has 6 heteroatoms. The van der Waals surface area contributed by atoms with Crippen molar-refractivity contribution in [3.05, 3.63) is 30.3 Å². The van der Waals surface area contributed by atoms with Crippen molar-refractivity contribution in [3.8, 4) is 5.75 Å². The molecule has 0 amide bonds. The summed E-state index contributed by atoms with van der Waals surface area (Å²) in [5.41, 5.74) is 0. The van der Waals surface area contributed by atoms with Crippen LogP contribution in [0.4, 0.5) is 17.6 Å². The van der Waals surface area contributed by atoms with E-state index in [9.17, 15) is 17.6 Å². The summed E-state index contributed by atoms with van der Waals surface area (Å²) in [5.74, 6) is -3.39. The molecule has 0 aliphatic carbocycles. The Morgan fingerprint density at radius 2 is 1.82 bits per heavy atom. The maximum absolute atomic E-state index is 12.4. The molecular formula is C11H13F4NO. The van der Waals surface area contributed by atoms with Gasteiger partial charge in [0.15, 0.2) is 0 Å². The minimum absolute atomic E-state index is 0.0806. The van der Waals surface area contributed by atoms with E-state index in [4.69, 9.17) is 4.74 Å². The van der Waals surface area contributed by atoms with Crippen LogP contribution in [0.25, 0.3) is 0 Å². The summed E-state index contributed by atoms with van der Waals surface area (Å²) in [5, 5.41) is 2.22. The lowest BCUT2D eigenvalue weighted by Crippen LogP contribution is -2.40. The van der Waals surface area contributed by atoms with Crippen molar-refractivity contribution in [2.75, 3.05) is 19.7 Å². The van der Waals surface area contributed by atoms with Gasteiger partial charge in [0.25, 0.3) is 0 Å². The van der Waals surface area contributed by atoms with E-state index in [2.05, 4.69) is 5.32 Å². The molecule has 0 bridgehead atoms. The third-order valence-electron chi connectivity index (χ3n) is 1.97. The first-order valence-corrected chi connectivity index (χ1v) is 5.07. The zero-order valence-electron chi connectivity index (χ0n) is 9.01. The van der Waals surface area contributed by atoms with Crippen molar-refractivity contribution in [2.24, 2.45) is 0 Å². The molecule has 0 aliphatic rings. The second-order valence-corrected chi connectivity index (χ2v) is 3.40. The molecule has 0 radical (unpaired) electrons. The standard InChI is InChI=1S/C11H13F4NO/c12-10(13)11(14,15)8-16-6-7-17-9-4-2-1-3-5-9/h1-5,10,16H,6-8H2. The van der Waals surface area contributed by atoms with Crippen molar-refractivity contribution in [3.63, 3.8) is 0 Å². The SMILES string of the molecule is FC(F)C(F)(F)CNCCOc1ccccc1. The molecule has 1 rings (SSSR count). The summed E-state index contributed by atoms with van der Waals surface area (Å²) in [7, 11) is 0. The molecule has 2 nitrogen and oxygen atoms in total. The lowest BCUT2D eigenvalue weighted by atomic mass is 10.3. The Hall–Kier alpha value is -1.30. The number of para-hydroxylation sites is 1. The number of hydrogen-bond donors (Lipinski definition) is 1. The highest BCUT2D eigenvalue weighted by atomic mass is 19.3. The molecule has 0 aliphatic heterocycles. The zero-order valence-corrected chi connectivity index (χ0v) is 9.01. The molecule has 0 saturated heterocycles. The van der Waals surface area contributed by atoms with Gasteiger partial charge in [-0.1, -0.05) is 18.2 Å². The second kappa shape index (κ2) is 6.44. The van der Waals surface area contributed by atoms with Crippen LogP contribution < -0.4 is 10.1 Å². The minimum atomic E-state index is -3.99. The van der Waals surface area contributed by atoms with E-state index >= 15 is 0 Å². The van der Waals surface area contributed by atoms with Crippen LogP contribution in [0.2, 0.25) is 0 Å². The third-order valence-corrected chi connectivity index (χ3v) is 1.97. The molecule has 96 valence electrons. The Balaban J connectivity index is 2.13. The summed E-state index contributed by atoms with van der Waals surface area (Å²) < 4.78 is 53.6. The fraction of sp³-hybridized carbons (Fsp3) is 0.455. The Bertz CT molecular complexity index is 319. The summed E-state index contributed by atoms with van der Waals surface area (Å²) >= 11 is 0. The number of alkyl halides is 4. The van der Waals surface area contributed by atoms with Gasteiger partial charge in [-0.15, -0.1) is 0 Å². The van der Waals surface area contributed by atoms with Gasteiger partial charge < -0.3 is 10.1 Å². The van der Waals surface area contributed by atoms with E-state index in [0.717, 1.165) is 0 Å². The van der Waals surface area contributed by atoms with E-state index in [1.54, 1.807) is 24.3 Å². The van der Waals surface area contributed by atoms with Crippen molar-refractivity contribution in [1.82, 2.24) is 5.32 Å². The lowest BCUT2D eigenvalue weighted by molar-refractivity contribution is -0.125. The summed E-state index contributed by atoms with van der Waals surface area (Å²) in [6.45, 7) is -0.830. The van der Waals surface area contributed by atoms with Crippen LogP contribution in [0.15, 0.2) is 30.3 Å². The van der Waals surface area contributed by atoms with Crippen LogP contribution in [-0.4, -0.2) is 32.0 Å². The lowest BCUT2D eigenvalue weighted by Gasteiger charge is -2.15. The van der Waals surface area contributed by atoms with Gasteiger partial charge in [-0.05, 0) is 12.1 Å². The zero-order chi connectivity index (χ0) is 12.7. The molecule has 0 heterocycles. The van der Waals surface area contributed by atoms with Gasteiger partial charge in [0, 0.05) is 6.54 Å². The number of halogens is 4. The van der Waals surface area contributed by atoms with Crippen molar-refractivity contribution < 1.29 is 22.3 Å². The van der Waals surface area contributed by atoms with Crippen molar-refractivity contribution in [2.45, 2.75) is 12.3 Å². The Morgan fingerprint density at radius 1 is 1.18 bits per heavy atom.